The highest BCUT2D eigenvalue weighted by molar-refractivity contribution is 7.89. The van der Waals surface area contributed by atoms with Crippen molar-refractivity contribution in [3.05, 3.63) is 82.9 Å². The predicted molar refractivity (Wildman–Crippen MR) is 129 cm³/mol. The third kappa shape index (κ3) is 6.25. The lowest BCUT2D eigenvalue weighted by atomic mass is 10.1. The van der Waals surface area contributed by atoms with E-state index in [0.29, 0.717) is 16.5 Å². The Kier molecular flexibility index (Phi) is 7.97. The van der Waals surface area contributed by atoms with Crippen LogP contribution in [0.25, 0.3) is 0 Å². The van der Waals surface area contributed by atoms with E-state index in [2.05, 4.69) is 10.0 Å². The van der Waals surface area contributed by atoms with Crippen LogP contribution in [0.3, 0.4) is 0 Å². The summed E-state index contributed by atoms with van der Waals surface area (Å²) in [5.41, 5.74) is 2.11. The normalized spacial score (nSPS) is 12.1. The van der Waals surface area contributed by atoms with Gasteiger partial charge in [-0.2, -0.15) is 4.72 Å². The van der Waals surface area contributed by atoms with E-state index in [-0.39, 0.29) is 17.1 Å². The van der Waals surface area contributed by atoms with Gasteiger partial charge >= 0.3 is 0 Å². The van der Waals surface area contributed by atoms with E-state index in [1.807, 2.05) is 37.3 Å². The van der Waals surface area contributed by atoms with Gasteiger partial charge in [-0.25, -0.2) is 8.42 Å². The highest BCUT2D eigenvalue weighted by atomic mass is 35.5. The SMILES string of the molecule is COc1ccc(S(=O)(=O)NC(Cc2ccccc2)C(=O)Nc2cc(Cl)ccc2C)cc1OC. The minimum Gasteiger partial charge on any atom is -0.493 e. The summed E-state index contributed by atoms with van der Waals surface area (Å²) in [4.78, 5) is 13.1. The highest BCUT2D eigenvalue weighted by Crippen LogP contribution is 2.29. The molecule has 0 aliphatic carbocycles. The summed E-state index contributed by atoms with van der Waals surface area (Å²) in [5, 5.41) is 3.25. The highest BCUT2D eigenvalue weighted by Gasteiger charge is 2.27. The van der Waals surface area contributed by atoms with E-state index in [9.17, 15) is 13.2 Å². The number of carbonyl (C=O) groups excluding carboxylic acids is 1. The first-order chi connectivity index (χ1) is 15.7. The molecular formula is C24H25ClN2O5S. The number of methoxy groups -OCH3 is 2. The molecule has 0 heterocycles. The summed E-state index contributed by atoms with van der Waals surface area (Å²) in [7, 11) is -1.19. The number of benzene rings is 3. The van der Waals surface area contributed by atoms with Crippen LogP contribution < -0.4 is 19.5 Å². The number of rotatable bonds is 9. The number of hydrogen-bond acceptors (Lipinski definition) is 5. The Labute approximate surface area is 198 Å². The van der Waals surface area contributed by atoms with Gasteiger partial charge in [0.2, 0.25) is 15.9 Å². The van der Waals surface area contributed by atoms with Crippen molar-refractivity contribution in [3.8, 4) is 11.5 Å². The van der Waals surface area contributed by atoms with E-state index in [0.717, 1.165) is 11.1 Å². The Morgan fingerprint density at radius 1 is 0.970 bits per heavy atom. The lowest BCUT2D eigenvalue weighted by molar-refractivity contribution is -0.117. The molecule has 1 atom stereocenters. The summed E-state index contributed by atoms with van der Waals surface area (Å²) in [6.45, 7) is 1.83. The number of ether oxygens (including phenoxy) is 2. The van der Waals surface area contributed by atoms with Gasteiger partial charge in [0.05, 0.1) is 19.1 Å². The Hall–Kier alpha value is -3.07. The van der Waals surface area contributed by atoms with Crippen molar-refractivity contribution in [2.24, 2.45) is 0 Å². The first kappa shape index (κ1) is 24.6. The summed E-state index contributed by atoms with van der Waals surface area (Å²) in [5.74, 6) is 0.152. The van der Waals surface area contributed by atoms with Gasteiger partial charge in [0.1, 0.15) is 6.04 Å². The van der Waals surface area contributed by atoms with Crippen molar-refractivity contribution in [2.45, 2.75) is 24.3 Å². The Bertz CT molecular complexity index is 1230. The molecule has 0 fully saturated rings. The quantitative estimate of drug-likeness (QED) is 0.471. The molecule has 1 unspecified atom stereocenters. The van der Waals surface area contributed by atoms with Crippen LogP contribution in [0.4, 0.5) is 5.69 Å². The van der Waals surface area contributed by atoms with Gasteiger partial charge in [-0.05, 0) is 48.7 Å². The third-order valence-corrected chi connectivity index (χ3v) is 6.72. The van der Waals surface area contributed by atoms with Crippen molar-refractivity contribution < 1.29 is 22.7 Å². The fourth-order valence-electron chi connectivity index (χ4n) is 3.23. The summed E-state index contributed by atoms with van der Waals surface area (Å²) in [6.07, 6.45) is 0.152. The average Bonchev–Trinajstić information content (AvgIpc) is 2.81. The second-order valence-electron chi connectivity index (χ2n) is 7.33. The Morgan fingerprint density at radius 3 is 2.33 bits per heavy atom. The zero-order valence-corrected chi connectivity index (χ0v) is 20.0. The smallest absolute Gasteiger partial charge is 0.242 e. The van der Waals surface area contributed by atoms with Gasteiger partial charge in [-0.15, -0.1) is 0 Å². The molecule has 7 nitrogen and oxygen atoms in total. The predicted octanol–water partition coefficient (Wildman–Crippen LogP) is 4.19. The van der Waals surface area contributed by atoms with Crippen molar-refractivity contribution in [2.75, 3.05) is 19.5 Å². The number of carbonyl (C=O) groups is 1. The van der Waals surface area contributed by atoms with E-state index in [1.54, 1.807) is 18.2 Å². The topological polar surface area (TPSA) is 93.7 Å². The van der Waals surface area contributed by atoms with Crippen LogP contribution >= 0.6 is 11.6 Å². The Balaban J connectivity index is 1.92. The van der Waals surface area contributed by atoms with Crippen molar-refractivity contribution >= 4 is 33.2 Å². The molecule has 0 saturated heterocycles. The Morgan fingerprint density at radius 2 is 1.67 bits per heavy atom. The molecule has 33 heavy (non-hydrogen) atoms. The van der Waals surface area contributed by atoms with Crippen molar-refractivity contribution in [1.29, 1.82) is 0 Å². The maximum atomic E-state index is 13.2. The van der Waals surface area contributed by atoms with Crippen molar-refractivity contribution in [1.82, 2.24) is 4.72 Å². The minimum atomic E-state index is -4.07. The number of nitrogens with one attached hydrogen (secondary N) is 2. The zero-order valence-electron chi connectivity index (χ0n) is 18.5. The van der Waals surface area contributed by atoms with Gasteiger partial charge < -0.3 is 14.8 Å². The fraction of sp³-hybridized carbons (Fsp3) is 0.208. The third-order valence-electron chi connectivity index (χ3n) is 5.02. The molecule has 174 valence electrons. The van der Waals surface area contributed by atoms with Crippen LogP contribution in [0, 0.1) is 6.92 Å². The number of amides is 1. The number of anilines is 1. The molecule has 9 heteroatoms. The van der Waals surface area contributed by atoms with Crippen LogP contribution in [-0.4, -0.2) is 34.6 Å². The molecule has 1 amide bonds. The summed E-state index contributed by atoms with van der Waals surface area (Å²) >= 11 is 6.06. The maximum absolute atomic E-state index is 13.2. The second-order valence-corrected chi connectivity index (χ2v) is 9.48. The van der Waals surface area contributed by atoms with Crippen LogP contribution in [0.5, 0.6) is 11.5 Å². The number of aryl methyl sites for hydroxylation is 1. The molecule has 0 spiro atoms. The van der Waals surface area contributed by atoms with Crippen LogP contribution in [-0.2, 0) is 21.2 Å². The van der Waals surface area contributed by atoms with Crippen LogP contribution in [0.1, 0.15) is 11.1 Å². The number of hydrogen-bond donors (Lipinski definition) is 2. The van der Waals surface area contributed by atoms with E-state index >= 15 is 0 Å². The van der Waals surface area contributed by atoms with Crippen molar-refractivity contribution in [3.63, 3.8) is 0 Å². The monoisotopic (exact) mass is 488 g/mol. The largest absolute Gasteiger partial charge is 0.493 e. The zero-order chi connectivity index (χ0) is 24.0. The van der Waals surface area contributed by atoms with Gasteiger partial charge in [0, 0.05) is 16.8 Å². The molecule has 3 aromatic rings. The molecule has 0 bridgehead atoms. The van der Waals surface area contributed by atoms with E-state index in [1.165, 1.54) is 32.4 Å². The lowest BCUT2D eigenvalue weighted by Crippen LogP contribution is -2.45. The fourth-order valence-corrected chi connectivity index (χ4v) is 4.61. The first-order valence-corrected chi connectivity index (χ1v) is 11.9. The van der Waals surface area contributed by atoms with E-state index in [4.69, 9.17) is 21.1 Å². The number of halogens is 1. The molecule has 2 N–H and O–H groups in total. The second kappa shape index (κ2) is 10.7. The summed E-state index contributed by atoms with van der Waals surface area (Å²) < 4.78 is 39.3. The molecule has 0 aromatic heterocycles. The molecule has 0 saturated carbocycles. The van der Waals surface area contributed by atoms with Crippen LogP contribution in [0.2, 0.25) is 5.02 Å². The van der Waals surface area contributed by atoms with Crippen LogP contribution in [0.15, 0.2) is 71.6 Å². The summed E-state index contributed by atoms with van der Waals surface area (Å²) in [6, 6.07) is 17.4. The number of sulfonamides is 1. The molecule has 3 aromatic carbocycles. The molecule has 3 rings (SSSR count). The van der Waals surface area contributed by atoms with Gasteiger partial charge in [-0.3, -0.25) is 4.79 Å². The molecule has 0 aliphatic rings. The van der Waals surface area contributed by atoms with Gasteiger partial charge in [-0.1, -0.05) is 48.0 Å². The average molecular weight is 489 g/mol. The molecule has 0 radical (unpaired) electrons. The minimum absolute atomic E-state index is 0.0510. The van der Waals surface area contributed by atoms with Gasteiger partial charge in [0.15, 0.2) is 11.5 Å². The van der Waals surface area contributed by atoms with Gasteiger partial charge in [0.25, 0.3) is 0 Å². The first-order valence-electron chi connectivity index (χ1n) is 10.1. The van der Waals surface area contributed by atoms with E-state index < -0.39 is 22.0 Å². The lowest BCUT2D eigenvalue weighted by Gasteiger charge is -2.20. The maximum Gasteiger partial charge on any atom is 0.242 e. The molecular weight excluding hydrogens is 464 g/mol. The molecule has 0 aliphatic heterocycles. The standard InChI is InChI=1S/C24H25ClN2O5S/c1-16-9-10-18(25)14-20(16)26-24(28)21(13-17-7-5-4-6-8-17)27-33(29,30)19-11-12-22(31-2)23(15-19)32-3/h4-12,14-15,21,27H,13H2,1-3H3,(H,26,28).